The van der Waals surface area contributed by atoms with E-state index in [2.05, 4.69) is 28.7 Å². The predicted octanol–water partition coefficient (Wildman–Crippen LogP) is 3.50. The van der Waals surface area contributed by atoms with Crippen molar-refractivity contribution >= 4 is 22.8 Å². The van der Waals surface area contributed by atoms with E-state index >= 15 is 0 Å². The van der Waals surface area contributed by atoms with Gasteiger partial charge < -0.3 is 24.4 Å². The molecule has 162 valence electrons. The van der Waals surface area contributed by atoms with Crippen LogP contribution in [0.15, 0.2) is 12.4 Å². The van der Waals surface area contributed by atoms with Gasteiger partial charge in [0.05, 0.1) is 10.9 Å². The standard InChI is InChI=1S/C22H30N4O4/c1-21(2,3)30-20(28)26-10-8-25(9-11-26)19-17-15(23-13-24-19)12-16(27)14-6-7-22(4,5)29-18(14)17/h12-13,27H,6-11H2,1-5H3. The molecule has 30 heavy (non-hydrogen) atoms. The smallest absolute Gasteiger partial charge is 0.410 e. The molecule has 1 N–H and O–H groups in total. The third-order valence-corrected chi connectivity index (χ3v) is 5.53. The van der Waals surface area contributed by atoms with Crippen molar-refractivity contribution < 1.29 is 19.4 Å². The average molecular weight is 415 g/mol. The Hall–Kier alpha value is -2.77. The van der Waals surface area contributed by atoms with Crippen molar-refractivity contribution in [3.05, 3.63) is 18.0 Å². The normalized spacial score (nSPS) is 18.7. The summed E-state index contributed by atoms with van der Waals surface area (Å²) in [5, 5.41) is 11.3. The Labute approximate surface area is 176 Å². The number of nitrogens with zero attached hydrogens (tertiary/aromatic N) is 4. The molecule has 8 nitrogen and oxygen atoms in total. The summed E-state index contributed by atoms with van der Waals surface area (Å²) in [6, 6.07) is 1.69. The molecule has 0 unspecified atom stereocenters. The molecule has 8 heteroatoms. The number of benzene rings is 1. The maximum Gasteiger partial charge on any atom is 0.410 e. The number of hydrogen-bond acceptors (Lipinski definition) is 7. The number of carbonyl (C=O) groups is 1. The highest BCUT2D eigenvalue weighted by atomic mass is 16.6. The Morgan fingerprint density at radius 3 is 2.57 bits per heavy atom. The summed E-state index contributed by atoms with van der Waals surface area (Å²) in [6.45, 7) is 12.1. The number of ether oxygens (including phenoxy) is 2. The lowest BCUT2D eigenvalue weighted by atomic mass is 9.92. The molecule has 1 saturated heterocycles. The van der Waals surface area contributed by atoms with Gasteiger partial charge in [0.1, 0.15) is 34.8 Å². The average Bonchev–Trinajstić information content (AvgIpc) is 2.65. The molecule has 2 aromatic rings. The number of anilines is 1. The van der Waals surface area contributed by atoms with Crippen molar-refractivity contribution in [2.75, 3.05) is 31.1 Å². The molecule has 1 aromatic heterocycles. The van der Waals surface area contributed by atoms with Crippen LogP contribution in [-0.2, 0) is 11.2 Å². The second-order valence-corrected chi connectivity index (χ2v) is 9.61. The van der Waals surface area contributed by atoms with Crippen LogP contribution in [-0.4, -0.2) is 63.4 Å². The van der Waals surface area contributed by atoms with Crippen molar-refractivity contribution in [3.8, 4) is 11.5 Å². The maximum absolute atomic E-state index is 12.4. The molecule has 4 rings (SSSR count). The number of aromatic hydroxyl groups is 1. The van der Waals surface area contributed by atoms with E-state index in [1.165, 1.54) is 6.33 Å². The minimum absolute atomic E-state index is 0.215. The number of phenolic OH excluding ortho intramolecular Hbond substituents is 1. The van der Waals surface area contributed by atoms with Crippen molar-refractivity contribution in [3.63, 3.8) is 0 Å². The summed E-state index contributed by atoms with van der Waals surface area (Å²) < 4.78 is 11.8. The van der Waals surface area contributed by atoms with Gasteiger partial charge in [-0.05, 0) is 47.5 Å². The minimum Gasteiger partial charge on any atom is -0.507 e. The van der Waals surface area contributed by atoms with E-state index in [0.29, 0.717) is 37.4 Å². The van der Waals surface area contributed by atoms with Crippen LogP contribution in [0.25, 0.3) is 10.9 Å². The minimum atomic E-state index is -0.512. The highest BCUT2D eigenvalue weighted by Gasteiger charge is 2.33. The summed E-state index contributed by atoms with van der Waals surface area (Å²) in [5.41, 5.74) is 0.632. The van der Waals surface area contributed by atoms with Crippen LogP contribution >= 0.6 is 0 Å². The number of piperazine rings is 1. The Morgan fingerprint density at radius 2 is 1.90 bits per heavy atom. The van der Waals surface area contributed by atoms with Crippen molar-refractivity contribution in [1.29, 1.82) is 0 Å². The van der Waals surface area contributed by atoms with Crippen LogP contribution in [0.3, 0.4) is 0 Å². The van der Waals surface area contributed by atoms with E-state index < -0.39 is 5.60 Å². The van der Waals surface area contributed by atoms with E-state index in [-0.39, 0.29) is 17.4 Å². The van der Waals surface area contributed by atoms with Crippen molar-refractivity contribution in [2.45, 2.75) is 58.7 Å². The van der Waals surface area contributed by atoms with Crippen LogP contribution in [0, 0.1) is 0 Å². The number of fused-ring (bicyclic) bond motifs is 3. The molecule has 0 atom stereocenters. The zero-order valence-electron chi connectivity index (χ0n) is 18.4. The zero-order chi connectivity index (χ0) is 21.7. The van der Waals surface area contributed by atoms with Gasteiger partial charge in [-0.25, -0.2) is 14.8 Å². The van der Waals surface area contributed by atoms with Crippen LogP contribution in [0.2, 0.25) is 0 Å². The van der Waals surface area contributed by atoms with Gasteiger partial charge in [-0.15, -0.1) is 0 Å². The molecule has 0 saturated carbocycles. The highest BCUT2D eigenvalue weighted by molar-refractivity contribution is 5.97. The lowest BCUT2D eigenvalue weighted by Gasteiger charge is -2.37. The first kappa shape index (κ1) is 20.5. The number of phenols is 1. The van der Waals surface area contributed by atoms with Gasteiger partial charge in [0.2, 0.25) is 0 Å². The first-order chi connectivity index (χ1) is 14.0. The maximum atomic E-state index is 12.4. The molecule has 3 heterocycles. The molecule has 0 radical (unpaired) electrons. The predicted molar refractivity (Wildman–Crippen MR) is 114 cm³/mol. The van der Waals surface area contributed by atoms with E-state index in [0.717, 1.165) is 29.6 Å². The van der Waals surface area contributed by atoms with E-state index in [9.17, 15) is 9.90 Å². The first-order valence-electron chi connectivity index (χ1n) is 10.5. The second kappa shape index (κ2) is 7.18. The summed E-state index contributed by atoms with van der Waals surface area (Å²) in [7, 11) is 0. The number of amides is 1. The van der Waals surface area contributed by atoms with Crippen LogP contribution in [0.5, 0.6) is 11.5 Å². The van der Waals surface area contributed by atoms with Gasteiger partial charge in [-0.3, -0.25) is 0 Å². The third kappa shape index (κ3) is 3.95. The van der Waals surface area contributed by atoms with Gasteiger partial charge >= 0.3 is 6.09 Å². The monoisotopic (exact) mass is 414 g/mol. The molecule has 1 amide bonds. The fraction of sp³-hybridized carbons (Fsp3) is 0.591. The number of rotatable bonds is 1. The summed E-state index contributed by atoms with van der Waals surface area (Å²) >= 11 is 0. The molecular formula is C22H30N4O4. The van der Waals surface area contributed by atoms with E-state index in [1.54, 1.807) is 11.0 Å². The van der Waals surface area contributed by atoms with Gasteiger partial charge in [-0.2, -0.15) is 0 Å². The molecule has 0 aliphatic carbocycles. The van der Waals surface area contributed by atoms with Gasteiger partial charge in [0.15, 0.2) is 0 Å². The zero-order valence-corrected chi connectivity index (χ0v) is 18.4. The topological polar surface area (TPSA) is 88.0 Å². The molecule has 2 aliphatic heterocycles. The highest BCUT2D eigenvalue weighted by Crippen LogP contribution is 2.45. The third-order valence-electron chi connectivity index (χ3n) is 5.53. The lowest BCUT2D eigenvalue weighted by molar-refractivity contribution is 0.0240. The number of hydrogen-bond donors (Lipinski definition) is 1. The van der Waals surface area contributed by atoms with Crippen LogP contribution in [0.4, 0.5) is 10.6 Å². The fourth-order valence-electron chi connectivity index (χ4n) is 3.98. The van der Waals surface area contributed by atoms with Gasteiger partial charge in [-0.1, -0.05) is 0 Å². The lowest BCUT2D eigenvalue weighted by Crippen LogP contribution is -2.50. The summed E-state index contributed by atoms with van der Waals surface area (Å²) in [5.74, 6) is 1.66. The number of carbonyl (C=O) groups excluding carboxylic acids is 1. The fourth-order valence-corrected chi connectivity index (χ4v) is 3.98. The molecular weight excluding hydrogens is 384 g/mol. The van der Waals surface area contributed by atoms with Crippen LogP contribution < -0.4 is 9.64 Å². The van der Waals surface area contributed by atoms with Crippen molar-refractivity contribution in [1.82, 2.24) is 14.9 Å². The Kier molecular flexibility index (Phi) is 4.91. The SMILES string of the molecule is CC(C)(C)OC(=O)N1CCN(c2ncnc3cc(O)c4c(c23)OC(C)(C)CC4)CC1. The molecule has 1 fully saturated rings. The summed E-state index contributed by atoms with van der Waals surface area (Å²) in [4.78, 5) is 25.2. The molecule has 0 spiro atoms. The van der Waals surface area contributed by atoms with E-state index in [1.807, 2.05) is 20.8 Å². The second-order valence-electron chi connectivity index (χ2n) is 9.61. The van der Waals surface area contributed by atoms with Gasteiger partial charge in [0, 0.05) is 37.8 Å². The molecule has 1 aromatic carbocycles. The van der Waals surface area contributed by atoms with Crippen molar-refractivity contribution in [2.24, 2.45) is 0 Å². The first-order valence-corrected chi connectivity index (χ1v) is 10.5. The Balaban J connectivity index is 1.64. The van der Waals surface area contributed by atoms with E-state index in [4.69, 9.17) is 9.47 Å². The number of aromatic nitrogens is 2. The summed E-state index contributed by atoms with van der Waals surface area (Å²) in [6.07, 6.45) is 2.79. The molecule has 0 bridgehead atoms. The largest absolute Gasteiger partial charge is 0.507 e. The van der Waals surface area contributed by atoms with Gasteiger partial charge in [0.25, 0.3) is 0 Å². The quantitative estimate of drug-likeness (QED) is 0.764. The van der Waals surface area contributed by atoms with Crippen LogP contribution in [0.1, 0.15) is 46.6 Å². The Bertz CT molecular complexity index is 975. The molecule has 2 aliphatic rings. The Morgan fingerprint density at radius 1 is 1.20 bits per heavy atom.